The molecule has 1 heterocycles. The first kappa shape index (κ1) is 13.1. The molecule has 0 amide bonds. The van der Waals surface area contributed by atoms with Gasteiger partial charge in [-0.1, -0.05) is 0 Å². The molecule has 0 saturated carbocycles. The van der Waals surface area contributed by atoms with Crippen LogP contribution in [0.2, 0.25) is 0 Å². The summed E-state index contributed by atoms with van der Waals surface area (Å²) in [5, 5.41) is 6.47. The number of H-pyrrole nitrogens is 1. The molecule has 7 nitrogen and oxygen atoms in total. The molecule has 0 fully saturated rings. The number of nitrogens with zero attached hydrogens (tertiary/aromatic N) is 1. The Balaban J connectivity index is 2.71. The van der Waals surface area contributed by atoms with Crippen molar-refractivity contribution in [2.24, 2.45) is 5.90 Å². The number of aryl methyl sites for hydroxylation is 2. The van der Waals surface area contributed by atoms with E-state index in [1.807, 2.05) is 0 Å². The molecular weight excluding hydrogens is 232 g/mol. The number of aromatic nitrogens is 2. The monoisotopic (exact) mass is 248 g/mol. The standard InChI is InChI=1S/C8H16N4O3S/c1-6-8(7(2)12-11-6)16(13,14)10-4-3-5-15-9/h10H,3-5,9H2,1-2H3,(H,11,12). The minimum atomic E-state index is -3.50. The summed E-state index contributed by atoms with van der Waals surface area (Å²) in [5.74, 6) is 4.83. The highest BCUT2D eigenvalue weighted by molar-refractivity contribution is 7.89. The Bertz CT molecular complexity index is 421. The van der Waals surface area contributed by atoms with Crippen molar-refractivity contribution in [3.8, 4) is 0 Å². The van der Waals surface area contributed by atoms with Crippen molar-refractivity contribution in [2.75, 3.05) is 13.2 Å². The second kappa shape index (κ2) is 5.39. The lowest BCUT2D eigenvalue weighted by atomic mass is 10.4. The van der Waals surface area contributed by atoms with Crippen LogP contribution in [0.5, 0.6) is 0 Å². The summed E-state index contributed by atoms with van der Waals surface area (Å²) in [7, 11) is -3.50. The van der Waals surface area contributed by atoms with E-state index in [0.717, 1.165) is 0 Å². The van der Waals surface area contributed by atoms with E-state index >= 15 is 0 Å². The van der Waals surface area contributed by atoms with Crippen LogP contribution in [0, 0.1) is 13.8 Å². The third-order valence-corrected chi connectivity index (χ3v) is 3.78. The van der Waals surface area contributed by atoms with Crippen molar-refractivity contribution in [2.45, 2.75) is 25.2 Å². The summed E-state index contributed by atoms with van der Waals surface area (Å²) in [6.07, 6.45) is 0.520. The lowest BCUT2D eigenvalue weighted by Gasteiger charge is -2.06. The summed E-state index contributed by atoms with van der Waals surface area (Å²) in [6, 6.07) is 0. The van der Waals surface area contributed by atoms with Gasteiger partial charge >= 0.3 is 0 Å². The summed E-state index contributed by atoms with van der Waals surface area (Å²) in [6.45, 7) is 3.90. The highest BCUT2D eigenvalue weighted by Crippen LogP contribution is 2.15. The molecule has 4 N–H and O–H groups in total. The van der Waals surface area contributed by atoms with Gasteiger partial charge in [0.1, 0.15) is 4.90 Å². The lowest BCUT2D eigenvalue weighted by Crippen LogP contribution is -2.26. The molecule has 92 valence electrons. The smallest absolute Gasteiger partial charge is 0.244 e. The van der Waals surface area contributed by atoms with Gasteiger partial charge in [0, 0.05) is 6.54 Å². The molecule has 0 bridgehead atoms. The Morgan fingerprint density at radius 3 is 2.69 bits per heavy atom. The van der Waals surface area contributed by atoms with E-state index in [0.29, 0.717) is 24.4 Å². The number of hydrogen-bond donors (Lipinski definition) is 3. The van der Waals surface area contributed by atoms with Crippen LogP contribution in [-0.4, -0.2) is 31.8 Å². The van der Waals surface area contributed by atoms with E-state index in [1.165, 1.54) is 0 Å². The van der Waals surface area contributed by atoms with E-state index in [9.17, 15) is 8.42 Å². The third-order valence-electron chi connectivity index (χ3n) is 2.06. The van der Waals surface area contributed by atoms with Crippen molar-refractivity contribution in [3.63, 3.8) is 0 Å². The largest absolute Gasteiger partial charge is 0.305 e. The molecule has 0 atom stereocenters. The Labute approximate surface area is 94.4 Å². The van der Waals surface area contributed by atoms with Crippen molar-refractivity contribution >= 4 is 10.0 Å². The number of nitrogens with one attached hydrogen (secondary N) is 2. The molecule has 1 aromatic rings. The first-order valence-corrected chi connectivity index (χ1v) is 6.30. The average molecular weight is 248 g/mol. The van der Waals surface area contributed by atoms with Gasteiger partial charge in [0.2, 0.25) is 10.0 Å². The first-order chi connectivity index (χ1) is 7.49. The normalized spacial score (nSPS) is 11.9. The van der Waals surface area contributed by atoms with E-state index < -0.39 is 10.0 Å². The molecule has 0 unspecified atom stereocenters. The Morgan fingerprint density at radius 1 is 1.50 bits per heavy atom. The minimum absolute atomic E-state index is 0.209. The summed E-state index contributed by atoms with van der Waals surface area (Å²) in [4.78, 5) is 4.55. The van der Waals surface area contributed by atoms with Crippen LogP contribution < -0.4 is 10.6 Å². The Morgan fingerprint density at radius 2 is 2.19 bits per heavy atom. The highest BCUT2D eigenvalue weighted by atomic mass is 32.2. The van der Waals surface area contributed by atoms with Gasteiger partial charge in [0.25, 0.3) is 0 Å². The third kappa shape index (κ3) is 3.01. The van der Waals surface area contributed by atoms with E-state index in [2.05, 4.69) is 19.8 Å². The molecule has 0 aromatic carbocycles. The number of hydrogen-bond acceptors (Lipinski definition) is 5. The van der Waals surface area contributed by atoms with Gasteiger partial charge in [-0.2, -0.15) is 5.10 Å². The minimum Gasteiger partial charge on any atom is -0.305 e. The van der Waals surface area contributed by atoms with Gasteiger partial charge < -0.3 is 4.84 Å². The molecule has 0 radical (unpaired) electrons. The van der Waals surface area contributed by atoms with Crippen molar-refractivity contribution < 1.29 is 13.3 Å². The zero-order chi connectivity index (χ0) is 12.2. The van der Waals surface area contributed by atoms with Crippen LogP contribution in [0.25, 0.3) is 0 Å². The van der Waals surface area contributed by atoms with Gasteiger partial charge in [0.05, 0.1) is 18.0 Å². The molecule has 1 aromatic heterocycles. The van der Waals surface area contributed by atoms with Crippen molar-refractivity contribution in [3.05, 3.63) is 11.4 Å². The molecule has 0 aliphatic heterocycles. The fourth-order valence-corrected chi connectivity index (χ4v) is 2.81. The van der Waals surface area contributed by atoms with Gasteiger partial charge in [-0.25, -0.2) is 19.0 Å². The summed E-state index contributed by atoms with van der Waals surface area (Å²) in [5.41, 5.74) is 0.986. The van der Waals surface area contributed by atoms with Gasteiger partial charge in [0.15, 0.2) is 0 Å². The second-order valence-corrected chi connectivity index (χ2v) is 5.09. The van der Waals surface area contributed by atoms with Gasteiger partial charge in [-0.3, -0.25) is 5.10 Å². The van der Waals surface area contributed by atoms with Crippen LogP contribution in [0.3, 0.4) is 0 Å². The van der Waals surface area contributed by atoms with E-state index in [4.69, 9.17) is 5.90 Å². The SMILES string of the molecule is Cc1n[nH]c(C)c1S(=O)(=O)NCCCON. The highest BCUT2D eigenvalue weighted by Gasteiger charge is 2.21. The van der Waals surface area contributed by atoms with Crippen LogP contribution in [0.4, 0.5) is 0 Å². The first-order valence-electron chi connectivity index (χ1n) is 4.82. The van der Waals surface area contributed by atoms with Crippen LogP contribution in [-0.2, 0) is 14.9 Å². The molecule has 1 rings (SSSR count). The predicted molar refractivity (Wildman–Crippen MR) is 58.0 cm³/mol. The molecule has 0 saturated heterocycles. The molecule has 0 aliphatic carbocycles. The maximum absolute atomic E-state index is 11.9. The van der Waals surface area contributed by atoms with Gasteiger partial charge in [-0.15, -0.1) is 0 Å². The van der Waals surface area contributed by atoms with Crippen molar-refractivity contribution in [1.82, 2.24) is 14.9 Å². The Kier molecular flexibility index (Phi) is 4.42. The summed E-state index contributed by atoms with van der Waals surface area (Å²) >= 11 is 0. The fourth-order valence-electron chi connectivity index (χ4n) is 1.37. The second-order valence-electron chi connectivity index (χ2n) is 3.39. The van der Waals surface area contributed by atoms with Crippen LogP contribution in [0.15, 0.2) is 4.90 Å². The number of aromatic amines is 1. The number of nitrogens with two attached hydrogens (primary N) is 1. The Hall–Kier alpha value is -0.960. The number of rotatable bonds is 6. The zero-order valence-electron chi connectivity index (χ0n) is 9.28. The maximum Gasteiger partial charge on any atom is 0.244 e. The molecule has 0 aliphatic rings. The average Bonchev–Trinajstić information content (AvgIpc) is 2.54. The number of sulfonamides is 1. The van der Waals surface area contributed by atoms with Gasteiger partial charge in [-0.05, 0) is 20.3 Å². The quantitative estimate of drug-likeness (QED) is 0.468. The van der Waals surface area contributed by atoms with Crippen LogP contribution >= 0.6 is 0 Å². The van der Waals surface area contributed by atoms with Crippen molar-refractivity contribution in [1.29, 1.82) is 0 Å². The van der Waals surface area contributed by atoms with E-state index in [1.54, 1.807) is 13.8 Å². The lowest BCUT2D eigenvalue weighted by molar-refractivity contribution is 0.136. The topological polar surface area (TPSA) is 110 Å². The van der Waals surface area contributed by atoms with Crippen LogP contribution in [0.1, 0.15) is 17.8 Å². The predicted octanol–water partition coefficient (Wildman–Crippen LogP) is -0.415. The zero-order valence-corrected chi connectivity index (χ0v) is 10.1. The molecule has 16 heavy (non-hydrogen) atoms. The molecule has 0 spiro atoms. The van der Waals surface area contributed by atoms with E-state index in [-0.39, 0.29) is 11.4 Å². The molecular formula is C8H16N4O3S. The fraction of sp³-hybridized carbons (Fsp3) is 0.625. The summed E-state index contributed by atoms with van der Waals surface area (Å²) < 4.78 is 26.2. The maximum atomic E-state index is 11.9. The molecule has 8 heteroatoms.